The number of hydrogen-bond acceptors (Lipinski definition) is 6. The van der Waals surface area contributed by atoms with Crippen molar-refractivity contribution >= 4 is 11.4 Å². The Labute approximate surface area is 268 Å². The second-order valence-corrected chi connectivity index (χ2v) is 12.8. The van der Waals surface area contributed by atoms with Crippen LogP contribution in [0.25, 0.3) is 0 Å². The van der Waals surface area contributed by atoms with Crippen LogP contribution in [0.2, 0.25) is 0 Å². The predicted molar refractivity (Wildman–Crippen MR) is 186 cm³/mol. The second kappa shape index (κ2) is 19.2. The molecule has 0 aromatic heterocycles. The Morgan fingerprint density at radius 2 is 0.909 bits per heavy atom. The van der Waals surface area contributed by atoms with E-state index in [1.165, 1.54) is 0 Å². The SMILES string of the molecule is CCCCC(CC)C(O)c1cc(C(c2cc(OC)c(N)c(C(O)C(CC)CCCC)c2)C(CC)CCCC)cc(OC)c1N. The molecule has 2 rings (SSSR count). The highest BCUT2D eigenvalue weighted by atomic mass is 16.5. The van der Waals surface area contributed by atoms with Crippen molar-refractivity contribution in [2.45, 2.75) is 137 Å². The van der Waals surface area contributed by atoms with Crippen LogP contribution < -0.4 is 20.9 Å². The van der Waals surface area contributed by atoms with E-state index in [0.717, 1.165) is 99.3 Å². The Balaban J connectivity index is 2.85. The van der Waals surface area contributed by atoms with Gasteiger partial charge in [0, 0.05) is 17.0 Å². The molecule has 0 fully saturated rings. The Kier molecular flexibility index (Phi) is 16.4. The summed E-state index contributed by atoms with van der Waals surface area (Å²) in [6, 6.07) is 8.33. The smallest absolute Gasteiger partial charge is 0.142 e. The van der Waals surface area contributed by atoms with Crippen LogP contribution in [0.1, 0.15) is 159 Å². The average Bonchev–Trinajstić information content (AvgIpc) is 3.04. The van der Waals surface area contributed by atoms with Crippen LogP contribution >= 0.6 is 0 Å². The Hall–Kier alpha value is -2.44. The number of aliphatic hydroxyl groups is 2. The second-order valence-electron chi connectivity index (χ2n) is 12.8. The minimum Gasteiger partial charge on any atom is -0.495 e. The molecule has 0 saturated heterocycles. The third kappa shape index (κ3) is 9.29. The van der Waals surface area contributed by atoms with E-state index in [2.05, 4.69) is 53.7 Å². The summed E-state index contributed by atoms with van der Waals surface area (Å²) in [4.78, 5) is 0. The molecule has 5 unspecified atom stereocenters. The lowest BCUT2D eigenvalue weighted by atomic mass is 9.74. The van der Waals surface area contributed by atoms with Gasteiger partial charge in [0.15, 0.2) is 0 Å². The van der Waals surface area contributed by atoms with Crippen LogP contribution in [0, 0.1) is 17.8 Å². The van der Waals surface area contributed by atoms with Gasteiger partial charge in [-0.1, -0.05) is 111 Å². The van der Waals surface area contributed by atoms with Gasteiger partial charge in [0.25, 0.3) is 0 Å². The van der Waals surface area contributed by atoms with E-state index in [-0.39, 0.29) is 17.8 Å². The van der Waals surface area contributed by atoms with Gasteiger partial charge in [0.05, 0.1) is 37.8 Å². The van der Waals surface area contributed by atoms with Crippen molar-refractivity contribution in [1.29, 1.82) is 0 Å². The number of nitrogen functional groups attached to an aromatic ring is 2. The maximum absolute atomic E-state index is 11.7. The molecule has 0 spiro atoms. The van der Waals surface area contributed by atoms with Gasteiger partial charge < -0.3 is 31.2 Å². The first-order valence-electron chi connectivity index (χ1n) is 17.5. The van der Waals surface area contributed by atoms with E-state index in [0.29, 0.717) is 28.8 Å². The van der Waals surface area contributed by atoms with Gasteiger partial charge in [0.1, 0.15) is 11.5 Å². The fourth-order valence-electron chi connectivity index (χ4n) is 6.95. The van der Waals surface area contributed by atoms with Gasteiger partial charge in [0.2, 0.25) is 0 Å². The normalized spacial score (nSPS) is 15.8. The number of anilines is 2. The summed E-state index contributed by atoms with van der Waals surface area (Å²) >= 11 is 0. The molecule has 6 heteroatoms. The topological polar surface area (TPSA) is 111 Å². The summed E-state index contributed by atoms with van der Waals surface area (Å²) in [5, 5.41) is 23.4. The molecular formula is C38H64N2O4. The van der Waals surface area contributed by atoms with Crippen LogP contribution in [-0.2, 0) is 0 Å². The summed E-state index contributed by atoms with van der Waals surface area (Å²) in [5.41, 5.74) is 18.0. The van der Waals surface area contributed by atoms with Gasteiger partial charge in [-0.2, -0.15) is 0 Å². The molecule has 0 aliphatic carbocycles. The maximum atomic E-state index is 11.7. The van der Waals surface area contributed by atoms with Gasteiger partial charge in [-0.25, -0.2) is 0 Å². The van der Waals surface area contributed by atoms with Crippen molar-refractivity contribution in [2.24, 2.45) is 17.8 Å². The summed E-state index contributed by atoms with van der Waals surface area (Å²) < 4.78 is 11.7. The van der Waals surface area contributed by atoms with E-state index in [4.69, 9.17) is 20.9 Å². The molecule has 0 heterocycles. The molecule has 6 N–H and O–H groups in total. The van der Waals surface area contributed by atoms with Crippen LogP contribution in [0.4, 0.5) is 11.4 Å². The highest BCUT2D eigenvalue weighted by Gasteiger charge is 2.31. The van der Waals surface area contributed by atoms with Gasteiger partial charge in [-0.05, 0) is 60.3 Å². The van der Waals surface area contributed by atoms with Crippen molar-refractivity contribution in [1.82, 2.24) is 0 Å². The first-order valence-corrected chi connectivity index (χ1v) is 17.5. The zero-order valence-corrected chi connectivity index (χ0v) is 29.1. The number of unbranched alkanes of at least 4 members (excludes halogenated alkanes) is 3. The third-order valence-corrected chi connectivity index (χ3v) is 9.91. The highest BCUT2D eigenvalue weighted by Crippen LogP contribution is 2.46. The summed E-state index contributed by atoms with van der Waals surface area (Å²) in [6.45, 7) is 13.1. The molecule has 0 aliphatic rings. The lowest BCUT2D eigenvalue weighted by molar-refractivity contribution is 0.0992. The fourth-order valence-corrected chi connectivity index (χ4v) is 6.95. The minimum absolute atomic E-state index is 0.0288. The molecule has 6 nitrogen and oxygen atoms in total. The Morgan fingerprint density at radius 3 is 1.20 bits per heavy atom. The quantitative estimate of drug-likeness (QED) is 0.104. The lowest BCUT2D eigenvalue weighted by Crippen LogP contribution is -2.19. The number of hydrogen-bond donors (Lipinski definition) is 4. The molecule has 0 bridgehead atoms. The van der Waals surface area contributed by atoms with E-state index in [9.17, 15) is 10.2 Å². The third-order valence-electron chi connectivity index (χ3n) is 9.91. The summed E-state index contributed by atoms with van der Waals surface area (Å²) in [5.74, 6) is 1.70. The summed E-state index contributed by atoms with van der Waals surface area (Å²) in [6.07, 6.45) is 10.8. The minimum atomic E-state index is -0.681. The Bertz CT molecular complexity index is 1040. The zero-order valence-electron chi connectivity index (χ0n) is 29.1. The largest absolute Gasteiger partial charge is 0.495 e. The fraction of sp³-hybridized carbons (Fsp3) is 0.684. The molecule has 2 aromatic rings. The Morgan fingerprint density at radius 1 is 0.568 bits per heavy atom. The van der Waals surface area contributed by atoms with Gasteiger partial charge in [-0.15, -0.1) is 0 Å². The molecular weight excluding hydrogens is 548 g/mol. The van der Waals surface area contributed by atoms with Crippen molar-refractivity contribution in [3.8, 4) is 11.5 Å². The van der Waals surface area contributed by atoms with E-state index < -0.39 is 12.2 Å². The van der Waals surface area contributed by atoms with Crippen LogP contribution in [-0.4, -0.2) is 24.4 Å². The standard InChI is InChI=1S/C38H64N2O4/c1-9-15-18-25(12-4)34(28-21-30(35(39)32(23-28)43-7)37(41)26(13-5)19-16-10-2)29-22-31(36(40)33(24-29)44-8)38(42)27(14-6)20-17-11-3/h21-27,34,37-38,41-42H,9-20,39-40H2,1-8H3. The first kappa shape index (κ1) is 37.7. The molecule has 0 amide bonds. The van der Waals surface area contributed by atoms with E-state index >= 15 is 0 Å². The number of rotatable bonds is 21. The average molecular weight is 613 g/mol. The van der Waals surface area contributed by atoms with Gasteiger partial charge >= 0.3 is 0 Å². The van der Waals surface area contributed by atoms with Crippen molar-refractivity contribution in [3.05, 3.63) is 46.5 Å². The van der Waals surface area contributed by atoms with Crippen molar-refractivity contribution in [3.63, 3.8) is 0 Å². The molecule has 250 valence electrons. The molecule has 0 radical (unpaired) electrons. The highest BCUT2D eigenvalue weighted by molar-refractivity contribution is 5.65. The number of ether oxygens (including phenoxy) is 2. The van der Waals surface area contributed by atoms with Crippen molar-refractivity contribution in [2.75, 3.05) is 25.7 Å². The van der Waals surface area contributed by atoms with E-state index in [1.54, 1.807) is 14.2 Å². The van der Waals surface area contributed by atoms with Crippen LogP contribution in [0.15, 0.2) is 24.3 Å². The lowest BCUT2D eigenvalue weighted by Gasteiger charge is -2.32. The molecule has 5 atom stereocenters. The molecule has 2 aromatic carbocycles. The van der Waals surface area contributed by atoms with Gasteiger partial charge in [-0.3, -0.25) is 0 Å². The van der Waals surface area contributed by atoms with Crippen LogP contribution in [0.5, 0.6) is 11.5 Å². The van der Waals surface area contributed by atoms with E-state index in [1.807, 2.05) is 12.1 Å². The maximum Gasteiger partial charge on any atom is 0.142 e. The summed E-state index contributed by atoms with van der Waals surface area (Å²) in [7, 11) is 3.29. The number of benzene rings is 2. The van der Waals surface area contributed by atoms with Crippen molar-refractivity contribution < 1.29 is 19.7 Å². The first-order chi connectivity index (χ1) is 21.2. The molecule has 0 saturated carbocycles. The monoisotopic (exact) mass is 612 g/mol. The zero-order chi connectivity index (χ0) is 32.8. The van der Waals surface area contributed by atoms with Crippen LogP contribution in [0.3, 0.4) is 0 Å². The predicted octanol–water partition coefficient (Wildman–Crippen LogP) is 9.72. The molecule has 44 heavy (non-hydrogen) atoms. The number of aliphatic hydroxyl groups excluding tert-OH is 2. The number of methoxy groups -OCH3 is 2. The number of nitrogens with two attached hydrogens (primary N) is 2. The molecule has 0 aliphatic heterocycles.